The molecule has 0 heterocycles. The van der Waals surface area contributed by atoms with Crippen LogP contribution in [0.5, 0.6) is 17.2 Å². The summed E-state index contributed by atoms with van der Waals surface area (Å²) in [6.07, 6.45) is 1.41. The lowest BCUT2D eigenvalue weighted by atomic mass is 10.2. The second kappa shape index (κ2) is 10.6. The summed E-state index contributed by atoms with van der Waals surface area (Å²) in [5.41, 5.74) is 3.34. The van der Waals surface area contributed by atoms with Crippen LogP contribution in [-0.2, 0) is 9.59 Å². The number of carbonyl (C=O) groups is 2. The number of nitrogens with one attached hydrogen (secondary N) is 2. The number of hydrazone groups is 1. The van der Waals surface area contributed by atoms with Crippen LogP contribution < -0.4 is 25.0 Å². The van der Waals surface area contributed by atoms with Crippen LogP contribution in [0.3, 0.4) is 0 Å². The maximum atomic E-state index is 11.9. The van der Waals surface area contributed by atoms with Gasteiger partial charge in [-0.15, -0.1) is 0 Å². The molecular weight excluding hydrogens is 362 g/mol. The topological polar surface area (TPSA) is 98.2 Å². The highest BCUT2D eigenvalue weighted by atomic mass is 16.5. The van der Waals surface area contributed by atoms with E-state index in [4.69, 9.17) is 14.2 Å². The Labute approximate surface area is 163 Å². The first-order valence-corrected chi connectivity index (χ1v) is 8.75. The van der Waals surface area contributed by atoms with Crippen LogP contribution in [-0.4, -0.2) is 38.4 Å². The van der Waals surface area contributed by atoms with Crippen molar-refractivity contribution >= 4 is 23.7 Å². The molecule has 0 fully saturated rings. The average molecular weight is 385 g/mol. The van der Waals surface area contributed by atoms with Crippen molar-refractivity contribution in [2.45, 2.75) is 13.8 Å². The molecule has 0 unspecified atom stereocenters. The zero-order valence-corrected chi connectivity index (χ0v) is 16.0. The predicted octanol–water partition coefficient (Wildman–Crippen LogP) is 2.58. The summed E-state index contributed by atoms with van der Waals surface area (Å²) in [6.45, 7) is 4.77. The third-order valence-electron chi connectivity index (χ3n) is 3.50. The van der Waals surface area contributed by atoms with Gasteiger partial charge in [0.05, 0.1) is 26.5 Å². The molecule has 0 bridgehead atoms. The Bertz CT molecular complexity index is 834. The summed E-state index contributed by atoms with van der Waals surface area (Å²) in [4.78, 5) is 23.8. The van der Waals surface area contributed by atoms with Crippen molar-refractivity contribution in [3.63, 3.8) is 0 Å². The first kappa shape index (κ1) is 20.8. The zero-order valence-electron chi connectivity index (χ0n) is 16.0. The standard InChI is InChI=1S/C20H23N3O5/c1-4-27-17-11-6-14(12-18(17)28-5-2)13-21-23-20(25)19(24)22-15-7-9-16(26-3)10-8-15/h6-13H,4-5H2,1-3H3,(H,22,24)(H,23,25)/b21-13-. The highest BCUT2D eigenvalue weighted by Gasteiger charge is 2.13. The molecule has 2 N–H and O–H groups in total. The van der Waals surface area contributed by atoms with Gasteiger partial charge in [-0.3, -0.25) is 9.59 Å². The van der Waals surface area contributed by atoms with E-state index in [0.717, 1.165) is 0 Å². The van der Waals surface area contributed by atoms with E-state index < -0.39 is 11.8 Å². The summed E-state index contributed by atoms with van der Waals surface area (Å²) >= 11 is 0. The number of hydrogen-bond acceptors (Lipinski definition) is 6. The van der Waals surface area contributed by atoms with Crippen molar-refractivity contribution in [2.75, 3.05) is 25.6 Å². The molecule has 0 aliphatic heterocycles. The fraction of sp³-hybridized carbons (Fsp3) is 0.250. The van der Waals surface area contributed by atoms with Gasteiger partial charge in [0.1, 0.15) is 5.75 Å². The monoisotopic (exact) mass is 385 g/mol. The van der Waals surface area contributed by atoms with Crippen LogP contribution in [0.25, 0.3) is 0 Å². The van der Waals surface area contributed by atoms with Crippen molar-refractivity contribution in [1.82, 2.24) is 5.43 Å². The van der Waals surface area contributed by atoms with Crippen molar-refractivity contribution in [2.24, 2.45) is 5.10 Å². The summed E-state index contributed by atoms with van der Waals surface area (Å²) in [6, 6.07) is 11.9. The molecule has 8 heteroatoms. The minimum Gasteiger partial charge on any atom is -0.497 e. The molecule has 148 valence electrons. The Balaban J connectivity index is 1.94. The number of methoxy groups -OCH3 is 1. The third kappa shape index (κ3) is 6.01. The molecule has 0 saturated heterocycles. The molecule has 0 saturated carbocycles. The Kier molecular flexibility index (Phi) is 7.83. The van der Waals surface area contributed by atoms with E-state index in [1.165, 1.54) is 6.21 Å². The van der Waals surface area contributed by atoms with Crippen LogP contribution >= 0.6 is 0 Å². The second-order valence-electron chi connectivity index (χ2n) is 5.45. The Morgan fingerprint density at radius 2 is 1.64 bits per heavy atom. The molecule has 0 radical (unpaired) electrons. The van der Waals surface area contributed by atoms with Crippen molar-refractivity contribution in [3.8, 4) is 17.2 Å². The fourth-order valence-electron chi connectivity index (χ4n) is 2.23. The molecule has 28 heavy (non-hydrogen) atoms. The van der Waals surface area contributed by atoms with Crippen LogP contribution in [0.15, 0.2) is 47.6 Å². The molecule has 8 nitrogen and oxygen atoms in total. The molecule has 2 amide bonds. The number of rotatable bonds is 8. The number of benzene rings is 2. The van der Waals surface area contributed by atoms with Crippen LogP contribution in [0.2, 0.25) is 0 Å². The van der Waals surface area contributed by atoms with Gasteiger partial charge in [0, 0.05) is 5.69 Å². The van der Waals surface area contributed by atoms with Crippen LogP contribution in [0.1, 0.15) is 19.4 Å². The Morgan fingerprint density at radius 1 is 0.964 bits per heavy atom. The zero-order chi connectivity index (χ0) is 20.4. The fourth-order valence-corrected chi connectivity index (χ4v) is 2.23. The lowest BCUT2D eigenvalue weighted by molar-refractivity contribution is -0.136. The van der Waals surface area contributed by atoms with Gasteiger partial charge in [0.25, 0.3) is 0 Å². The maximum absolute atomic E-state index is 11.9. The van der Waals surface area contributed by atoms with Gasteiger partial charge in [0.2, 0.25) is 0 Å². The van der Waals surface area contributed by atoms with E-state index in [-0.39, 0.29) is 0 Å². The average Bonchev–Trinajstić information content (AvgIpc) is 2.70. The van der Waals surface area contributed by atoms with Gasteiger partial charge in [-0.1, -0.05) is 0 Å². The molecular formula is C20H23N3O5. The molecule has 0 spiro atoms. The highest BCUT2D eigenvalue weighted by molar-refractivity contribution is 6.39. The third-order valence-corrected chi connectivity index (χ3v) is 3.50. The maximum Gasteiger partial charge on any atom is 0.329 e. The van der Waals surface area contributed by atoms with Crippen LogP contribution in [0, 0.1) is 0 Å². The van der Waals surface area contributed by atoms with Crippen molar-refractivity contribution in [1.29, 1.82) is 0 Å². The summed E-state index contributed by atoms with van der Waals surface area (Å²) in [5, 5.41) is 6.28. The number of hydrogen-bond donors (Lipinski definition) is 2. The number of amides is 2. The van der Waals surface area contributed by atoms with Gasteiger partial charge in [-0.25, -0.2) is 5.43 Å². The van der Waals surface area contributed by atoms with E-state index in [0.29, 0.717) is 41.7 Å². The highest BCUT2D eigenvalue weighted by Crippen LogP contribution is 2.27. The van der Waals surface area contributed by atoms with Crippen molar-refractivity contribution < 1.29 is 23.8 Å². The minimum absolute atomic E-state index is 0.470. The van der Waals surface area contributed by atoms with Gasteiger partial charge in [-0.2, -0.15) is 5.10 Å². The molecule has 0 aromatic heterocycles. The molecule has 0 atom stereocenters. The van der Waals surface area contributed by atoms with E-state index in [1.54, 1.807) is 49.6 Å². The summed E-state index contributed by atoms with van der Waals surface area (Å²) < 4.78 is 16.1. The molecule has 0 aliphatic carbocycles. The number of carbonyl (C=O) groups excluding carboxylic acids is 2. The summed E-state index contributed by atoms with van der Waals surface area (Å²) in [7, 11) is 1.54. The molecule has 2 aromatic carbocycles. The SMILES string of the molecule is CCOc1ccc(/C=N\NC(=O)C(=O)Nc2ccc(OC)cc2)cc1OCC. The van der Waals surface area contributed by atoms with E-state index >= 15 is 0 Å². The van der Waals surface area contributed by atoms with Crippen LogP contribution in [0.4, 0.5) is 5.69 Å². The Hall–Kier alpha value is -3.55. The van der Waals surface area contributed by atoms with E-state index in [2.05, 4.69) is 15.8 Å². The first-order chi connectivity index (χ1) is 13.6. The largest absolute Gasteiger partial charge is 0.497 e. The molecule has 2 rings (SSSR count). The number of nitrogens with zero attached hydrogens (tertiary/aromatic N) is 1. The predicted molar refractivity (Wildman–Crippen MR) is 106 cm³/mol. The minimum atomic E-state index is -0.886. The normalized spacial score (nSPS) is 10.4. The molecule has 2 aromatic rings. The van der Waals surface area contributed by atoms with Gasteiger partial charge in [0.15, 0.2) is 11.5 Å². The molecule has 0 aliphatic rings. The van der Waals surface area contributed by atoms with E-state index in [1.807, 2.05) is 13.8 Å². The lowest BCUT2D eigenvalue weighted by Gasteiger charge is -2.11. The van der Waals surface area contributed by atoms with E-state index in [9.17, 15) is 9.59 Å². The Morgan fingerprint density at radius 3 is 2.29 bits per heavy atom. The second-order valence-corrected chi connectivity index (χ2v) is 5.45. The lowest BCUT2D eigenvalue weighted by Crippen LogP contribution is -2.32. The van der Waals surface area contributed by atoms with Gasteiger partial charge < -0.3 is 19.5 Å². The summed E-state index contributed by atoms with van der Waals surface area (Å²) in [5.74, 6) is 0.141. The van der Waals surface area contributed by atoms with Crippen molar-refractivity contribution in [3.05, 3.63) is 48.0 Å². The number of ether oxygens (including phenoxy) is 3. The quantitative estimate of drug-likeness (QED) is 0.413. The first-order valence-electron chi connectivity index (χ1n) is 8.75. The van der Waals surface area contributed by atoms with Gasteiger partial charge >= 0.3 is 11.8 Å². The number of anilines is 1. The smallest absolute Gasteiger partial charge is 0.329 e. The van der Waals surface area contributed by atoms with Gasteiger partial charge in [-0.05, 0) is 61.9 Å².